The molecule has 0 atom stereocenters. The van der Waals surface area contributed by atoms with Gasteiger partial charge in [-0.05, 0) is 56.3 Å². The number of hydrogen-bond donors (Lipinski definition) is 0. The van der Waals surface area contributed by atoms with E-state index in [9.17, 15) is 0 Å². The Morgan fingerprint density at radius 1 is 0.500 bits per heavy atom. The minimum Gasteiger partial charge on any atom is -0.309 e. The SMILES string of the molecule is C/C=C\c1c(/C=C\C)n(-c2cccc(-n3c4ccccc4c4ccccc43)c2)c2ccccc12. The summed E-state index contributed by atoms with van der Waals surface area (Å²) in [4.78, 5) is 0. The van der Waals surface area contributed by atoms with Crippen molar-refractivity contribution < 1.29 is 0 Å². The van der Waals surface area contributed by atoms with Crippen molar-refractivity contribution in [2.24, 2.45) is 0 Å². The zero-order valence-corrected chi connectivity index (χ0v) is 19.4. The molecule has 0 N–H and O–H groups in total. The van der Waals surface area contributed by atoms with Crippen LogP contribution in [0.4, 0.5) is 0 Å². The molecule has 0 bridgehead atoms. The van der Waals surface area contributed by atoms with Crippen LogP contribution in [0, 0.1) is 0 Å². The third-order valence-electron chi connectivity index (χ3n) is 6.54. The van der Waals surface area contributed by atoms with Crippen LogP contribution in [-0.2, 0) is 0 Å². The van der Waals surface area contributed by atoms with Gasteiger partial charge >= 0.3 is 0 Å². The van der Waals surface area contributed by atoms with Crippen molar-refractivity contribution >= 4 is 44.9 Å². The molecule has 2 aromatic heterocycles. The van der Waals surface area contributed by atoms with Gasteiger partial charge in [-0.3, -0.25) is 0 Å². The van der Waals surface area contributed by atoms with E-state index >= 15 is 0 Å². The van der Waals surface area contributed by atoms with E-state index < -0.39 is 0 Å². The molecule has 0 spiro atoms. The number of rotatable bonds is 4. The molecule has 6 aromatic rings. The van der Waals surface area contributed by atoms with Crippen LogP contribution in [0.5, 0.6) is 0 Å². The summed E-state index contributed by atoms with van der Waals surface area (Å²) in [5.41, 5.74) is 8.41. The first-order valence-corrected chi connectivity index (χ1v) is 11.8. The molecule has 6 rings (SSSR count). The largest absolute Gasteiger partial charge is 0.309 e. The molecular weight excluding hydrogens is 412 g/mol. The molecule has 2 heterocycles. The maximum absolute atomic E-state index is 2.38. The van der Waals surface area contributed by atoms with E-state index in [0.29, 0.717) is 0 Å². The summed E-state index contributed by atoms with van der Waals surface area (Å²) in [6.45, 7) is 4.16. The summed E-state index contributed by atoms with van der Waals surface area (Å²) in [6.07, 6.45) is 8.66. The second-order valence-electron chi connectivity index (χ2n) is 8.54. The Hall–Kier alpha value is -4.30. The van der Waals surface area contributed by atoms with Gasteiger partial charge in [0.15, 0.2) is 0 Å². The molecule has 0 radical (unpaired) electrons. The number of aromatic nitrogens is 2. The van der Waals surface area contributed by atoms with Gasteiger partial charge in [0, 0.05) is 33.1 Å². The second kappa shape index (κ2) is 8.24. The Morgan fingerprint density at radius 3 is 1.59 bits per heavy atom. The maximum Gasteiger partial charge on any atom is 0.0541 e. The fourth-order valence-corrected chi connectivity index (χ4v) is 5.20. The van der Waals surface area contributed by atoms with Crippen molar-refractivity contribution in [2.75, 3.05) is 0 Å². The van der Waals surface area contributed by atoms with Crippen LogP contribution in [0.25, 0.3) is 56.2 Å². The van der Waals surface area contributed by atoms with Gasteiger partial charge in [0.25, 0.3) is 0 Å². The molecule has 34 heavy (non-hydrogen) atoms. The zero-order chi connectivity index (χ0) is 23.1. The summed E-state index contributed by atoms with van der Waals surface area (Å²) in [6, 6.07) is 34.9. The highest BCUT2D eigenvalue weighted by Gasteiger charge is 2.16. The van der Waals surface area contributed by atoms with Crippen molar-refractivity contribution in [2.45, 2.75) is 13.8 Å². The molecule has 2 heteroatoms. The van der Waals surface area contributed by atoms with Crippen LogP contribution in [0.15, 0.2) is 109 Å². The Labute approximate surface area is 199 Å². The quantitative estimate of drug-likeness (QED) is 0.260. The maximum atomic E-state index is 2.38. The average molecular weight is 439 g/mol. The smallest absolute Gasteiger partial charge is 0.0541 e. The lowest BCUT2D eigenvalue weighted by Crippen LogP contribution is -2.00. The predicted octanol–water partition coefficient (Wildman–Crippen LogP) is 8.79. The Balaban J connectivity index is 1.66. The van der Waals surface area contributed by atoms with E-state index in [1.807, 2.05) is 0 Å². The van der Waals surface area contributed by atoms with Crippen LogP contribution in [0.2, 0.25) is 0 Å². The molecule has 0 amide bonds. The average Bonchev–Trinajstić information content (AvgIpc) is 3.38. The number of fused-ring (bicyclic) bond motifs is 4. The van der Waals surface area contributed by atoms with E-state index in [0.717, 1.165) is 11.4 Å². The van der Waals surface area contributed by atoms with Gasteiger partial charge in [-0.1, -0.05) is 78.9 Å². The lowest BCUT2D eigenvalue weighted by atomic mass is 10.1. The van der Waals surface area contributed by atoms with Crippen molar-refractivity contribution in [3.63, 3.8) is 0 Å². The van der Waals surface area contributed by atoms with E-state index in [-0.39, 0.29) is 0 Å². The molecule has 0 fully saturated rings. The molecule has 0 unspecified atom stereocenters. The van der Waals surface area contributed by atoms with Crippen molar-refractivity contribution in [1.82, 2.24) is 9.13 Å². The monoisotopic (exact) mass is 438 g/mol. The van der Waals surface area contributed by atoms with E-state index in [2.05, 4.69) is 144 Å². The summed E-state index contributed by atoms with van der Waals surface area (Å²) in [7, 11) is 0. The van der Waals surface area contributed by atoms with Gasteiger partial charge in [0.2, 0.25) is 0 Å². The van der Waals surface area contributed by atoms with Crippen LogP contribution in [-0.4, -0.2) is 9.13 Å². The Bertz CT molecular complexity index is 1670. The van der Waals surface area contributed by atoms with Crippen LogP contribution >= 0.6 is 0 Å². The van der Waals surface area contributed by atoms with Crippen LogP contribution in [0.1, 0.15) is 25.1 Å². The predicted molar refractivity (Wildman–Crippen MR) is 147 cm³/mol. The molecule has 0 saturated heterocycles. The lowest BCUT2D eigenvalue weighted by Gasteiger charge is -2.13. The minimum atomic E-state index is 1.15. The van der Waals surface area contributed by atoms with Crippen LogP contribution < -0.4 is 0 Å². The summed E-state index contributed by atoms with van der Waals surface area (Å²) in [5.74, 6) is 0. The van der Waals surface area contributed by atoms with Gasteiger partial charge in [-0.15, -0.1) is 0 Å². The van der Waals surface area contributed by atoms with Crippen LogP contribution in [0.3, 0.4) is 0 Å². The molecule has 164 valence electrons. The summed E-state index contributed by atoms with van der Waals surface area (Å²) in [5, 5.41) is 3.82. The lowest BCUT2D eigenvalue weighted by molar-refractivity contribution is 1.09. The molecule has 0 aliphatic heterocycles. The Morgan fingerprint density at radius 2 is 1.00 bits per heavy atom. The molecule has 2 nitrogen and oxygen atoms in total. The van der Waals surface area contributed by atoms with Gasteiger partial charge in [0.05, 0.1) is 22.2 Å². The molecular formula is C32H26N2. The van der Waals surface area contributed by atoms with Crippen molar-refractivity contribution in [3.05, 3.63) is 120 Å². The fraction of sp³-hybridized carbons (Fsp3) is 0.0625. The molecule has 0 aliphatic carbocycles. The molecule has 0 aliphatic rings. The van der Waals surface area contributed by atoms with E-state index in [1.54, 1.807) is 0 Å². The normalized spacial score (nSPS) is 12.2. The summed E-state index contributed by atoms with van der Waals surface area (Å²) < 4.78 is 4.75. The van der Waals surface area contributed by atoms with Gasteiger partial charge in [0.1, 0.15) is 0 Å². The van der Waals surface area contributed by atoms with Crippen molar-refractivity contribution in [1.29, 1.82) is 0 Å². The van der Waals surface area contributed by atoms with Crippen molar-refractivity contribution in [3.8, 4) is 11.4 Å². The zero-order valence-electron chi connectivity index (χ0n) is 19.4. The first kappa shape index (κ1) is 20.3. The molecule has 4 aromatic carbocycles. The highest BCUT2D eigenvalue weighted by molar-refractivity contribution is 6.09. The highest BCUT2D eigenvalue weighted by Crippen LogP contribution is 2.35. The third-order valence-corrected chi connectivity index (χ3v) is 6.54. The van der Waals surface area contributed by atoms with Gasteiger partial charge in [-0.25, -0.2) is 0 Å². The van der Waals surface area contributed by atoms with E-state index in [4.69, 9.17) is 0 Å². The topological polar surface area (TPSA) is 9.86 Å². The van der Waals surface area contributed by atoms with E-state index in [1.165, 1.54) is 44.0 Å². The summed E-state index contributed by atoms with van der Waals surface area (Å²) >= 11 is 0. The molecule has 0 saturated carbocycles. The van der Waals surface area contributed by atoms with Gasteiger partial charge < -0.3 is 9.13 Å². The first-order valence-electron chi connectivity index (χ1n) is 11.8. The number of para-hydroxylation sites is 3. The highest BCUT2D eigenvalue weighted by atomic mass is 15.0. The first-order chi connectivity index (χ1) is 16.8. The number of allylic oxidation sites excluding steroid dienone is 2. The third kappa shape index (κ3) is 3.03. The number of nitrogens with zero attached hydrogens (tertiary/aromatic N) is 2. The van der Waals surface area contributed by atoms with Gasteiger partial charge in [-0.2, -0.15) is 0 Å². The minimum absolute atomic E-state index is 1.15. The second-order valence-corrected chi connectivity index (χ2v) is 8.54. The number of benzene rings is 4. The Kier molecular flexibility index (Phi) is 4.92. The number of hydrogen-bond acceptors (Lipinski definition) is 0. The fourth-order valence-electron chi connectivity index (χ4n) is 5.20. The standard InChI is InChI=1S/C32H26N2/c1-3-12-25-26-16-5-8-19-30(26)33(29(25)13-4-2)23-14-11-15-24(22-23)34-31-20-9-6-17-27(31)28-18-7-10-21-32(28)34/h3-22H,1-2H3/b12-3-,13-4-.